The van der Waals surface area contributed by atoms with Gasteiger partial charge in [0, 0.05) is 30.5 Å². The van der Waals surface area contributed by atoms with Gasteiger partial charge in [0.2, 0.25) is 6.10 Å². The van der Waals surface area contributed by atoms with Gasteiger partial charge in [-0.1, -0.05) is 6.07 Å². The highest BCUT2D eigenvalue weighted by molar-refractivity contribution is 5.84. The SMILES string of the molecule is C[n+]1cc2cc(OCC(ON)C(=O)OC(C)(C)C)ccc2cc1NCC1CN(C(=O)OC(C)(C)C)C1. The number of nitrogens with two attached hydrogens (primary N) is 1. The molecule has 10 nitrogen and oxygen atoms in total. The monoisotopic (exact) mass is 503 g/mol. The number of carbonyl (C=O) groups excluding carboxylic acids is 2. The zero-order valence-corrected chi connectivity index (χ0v) is 22.3. The zero-order chi connectivity index (χ0) is 26.7. The van der Waals surface area contributed by atoms with Crippen molar-refractivity contribution in [3.8, 4) is 5.75 Å². The van der Waals surface area contributed by atoms with Gasteiger partial charge in [0.05, 0.1) is 19.8 Å². The topological polar surface area (TPSA) is 116 Å². The number of anilines is 1. The third-order valence-electron chi connectivity index (χ3n) is 5.48. The molecule has 1 aliphatic rings. The van der Waals surface area contributed by atoms with Crippen LogP contribution in [0.1, 0.15) is 41.5 Å². The van der Waals surface area contributed by atoms with Crippen molar-refractivity contribution in [1.82, 2.24) is 4.90 Å². The molecule has 1 atom stereocenters. The second-order valence-electron chi connectivity index (χ2n) is 11.2. The molecule has 0 bridgehead atoms. The summed E-state index contributed by atoms with van der Waals surface area (Å²) in [5, 5.41) is 5.49. The van der Waals surface area contributed by atoms with Crippen LogP contribution in [0.2, 0.25) is 0 Å². The maximum absolute atomic E-state index is 12.2. The van der Waals surface area contributed by atoms with Crippen LogP contribution in [0.3, 0.4) is 0 Å². The van der Waals surface area contributed by atoms with E-state index in [1.165, 1.54) is 0 Å². The van der Waals surface area contributed by atoms with Crippen LogP contribution in [0.15, 0.2) is 30.5 Å². The van der Waals surface area contributed by atoms with Crippen LogP contribution in [0.4, 0.5) is 10.6 Å². The largest absolute Gasteiger partial charge is 0.490 e. The van der Waals surface area contributed by atoms with Crippen molar-refractivity contribution in [2.24, 2.45) is 18.9 Å². The smallest absolute Gasteiger partial charge is 0.410 e. The van der Waals surface area contributed by atoms with Crippen molar-refractivity contribution in [2.45, 2.75) is 58.8 Å². The van der Waals surface area contributed by atoms with Crippen LogP contribution < -0.4 is 20.5 Å². The van der Waals surface area contributed by atoms with Crippen LogP contribution in [-0.4, -0.2) is 60.5 Å². The molecule has 0 aliphatic carbocycles. The number of aromatic nitrogens is 1. The summed E-state index contributed by atoms with van der Waals surface area (Å²) < 4.78 is 18.5. The molecule has 1 fully saturated rings. The van der Waals surface area contributed by atoms with Crippen molar-refractivity contribution in [1.29, 1.82) is 0 Å². The summed E-state index contributed by atoms with van der Waals surface area (Å²) in [5.74, 6) is 6.62. The number of nitrogens with one attached hydrogen (secondary N) is 1. The van der Waals surface area contributed by atoms with Crippen molar-refractivity contribution in [3.63, 3.8) is 0 Å². The fourth-order valence-electron chi connectivity index (χ4n) is 3.71. The van der Waals surface area contributed by atoms with Crippen molar-refractivity contribution < 1.29 is 33.2 Å². The lowest BCUT2D eigenvalue weighted by Gasteiger charge is -2.38. The van der Waals surface area contributed by atoms with Gasteiger partial charge in [0.15, 0.2) is 0 Å². The Morgan fingerprint density at radius 3 is 2.36 bits per heavy atom. The Balaban J connectivity index is 1.55. The Bertz CT molecular complexity index is 1090. The van der Waals surface area contributed by atoms with Crippen LogP contribution in [0, 0.1) is 5.92 Å². The summed E-state index contributed by atoms with van der Waals surface area (Å²) in [6, 6.07) is 7.75. The van der Waals surface area contributed by atoms with E-state index in [-0.39, 0.29) is 12.7 Å². The summed E-state index contributed by atoms with van der Waals surface area (Å²) >= 11 is 0. The number of esters is 1. The van der Waals surface area contributed by atoms with Crippen LogP contribution in [0.5, 0.6) is 5.75 Å². The maximum Gasteiger partial charge on any atom is 0.410 e. The van der Waals surface area contributed by atoms with Crippen molar-refractivity contribution >= 4 is 28.7 Å². The van der Waals surface area contributed by atoms with Gasteiger partial charge in [-0.25, -0.2) is 20.1 Å². The molecular formula is C26H39N4O6+. The van der Waals surface area contributed by atoms with Gasteiger partial charge in [0.25, 0.3) is 5.82 Å². The number of hydrogen-bond donors (Lipinski definition) is 2. The number of likely N-dealkylation sites (tertiary alicyclic amines) is 1. The number of amides is 1. The summed E-state index contributed by atoms with van der Waals surface area (Å²) in [4.78, 5) is 30.8. The Kier molecular flexibility index (Phi) is 8.30. The van der Waals surface area contributed by atoms with Gasteiger partial charge in [-0.05, 0) is 59.1 Å². The summed E-state index contributed by atoms with van der Waals surface area (Å²) in [6.45, 7) is 13.0. The molecule has 1 saturated heterocycles. The van der Waals surface area contributed by atoms with Crippen LogP contribution >= 0.6 is 0 Å². The van der Waals surface area contributed by atoms with Gasteiger partial charge in [-0.3, -0.25) is 10.2 Å². The highest BCUT2D eigenvalue weighted by Crippen LogP contribution is 2.24. The normalized spacial score (nSPS) is 15.3. The molecule has 3 rings (SSSR count). The Labute approximate surface area is 212 Å². The van der Waals surface area contributed by atoms with Crippen LogP contribution in [0.25, 0.3) is 10.8 Å². The number of carbonyl (C=O) groups is 2. The number of benzene rings is 1. The summed E-state index contributed by atoms with van der Waals surface area (Å²) in [5.41, 5.74) is -1.13. The lowest BCUT2D eigenvalue weighted by atomic mass is 10.0. The van der Waals surface area contributed by atoms with E-state index < -0.39 is 23.3 Å². The van der Waals surface area contributed by atoms with E-state index in [0.717, 1.165) is 23.1 Å². The first-order chi connectivity index (χ1) is 16.7. The molecule has 2 heterocycles. The van der Waals surface area contributed by atoms with Crippen LogP contribution in [-0.2, 0) is 26.2 Å². The first kappa shape index (κ1) is 27.5. The van der Waals surface area contributed by atoms with E-state index in [9.17, 15) is 9.59 Å². The highest BCUT2D eigenvalue weighted by atomic mass is 16.7. The molecule has 3 N–H and O–H groups in total. The summed E-state index contributed by atoms with van der Waals surface area (Å²) in [6.07, 6.45) is 0.715. The third-order valence-corrected chi connectivity index (χ3v) is 5.48. The number of pyridine rings is 1. The number of hydrogen-bond acceptors (Lipinski definition) is 8. The van der Waals surface area contributed by atoms with Gasteiger partial charge in [-0.15, -0.1) is 0 Å². The van der Waals surface area contributed by atoms with E-state index in [1.54, 1.807) is 25.7 Å². The molecule has 1 aromatic carbocycles. The number of nitrogens with zero attached hydrogens (tertiary/aromatic N) is 2. The molecular weight excluding hydrogens is 464 g/mol. The van der Waals surface area contributed by atoms with Gasteiger partial charge >= 0.3 is 12.1 Å². The highest BCUT2D eigenvalue weighted by Gasteiger charge is 2.34. The molecule has 0 spiro atoms. The molecule has 198 valence electrons. The molecule has 2 aromatic rings. The van der Waals surface area contributed by atoms with Gasteiger partial charge in [0.1, 0.15) is 23.6 Å². The molecule has 36 heavy (non-hydrogen) atoms. The van der Waals surface area contributed by atoms with Gasteiger partial charge < -0.3 is 19.1 Å². The first-order valence-corrected chi connectivity index (χ1v) is 12.1. The molecule has 1 amide bonds. The predicted molar refractivity (Wildman–Crippen MR) is 135 cm³/mol. The maximum atomic E-state index is 12.2. The Morgan fingerprint density at radius 2 is 1.75 bits per heavy atom. The zero-order valence-electron chi connectivity index (χ0n) is 22.3. The minimum absolute atomic E-state index is 0.0651. The van der Waals surface area contributed by atoms with E-state index in [0.29, 0.717) is 24.8 Å². The Morgan fingerprint density at radius 1 is 1.08 bits per heavy atom. The average Bonchev–Trinajstić information content (AvgIpc) is 2.70. The van der Waals surface area contributed by atoms with Gasteiger partial charge in [-0.2, -0.15) is 0 Å². The minimum atomic E-state index is -1.03. The van der Waals surface area contributed by atoms with E-state index in [2.05, 4.69) is 11.4 Å². The number of fused-ring (bicyclic) bond motifs is 1. The standard InChI is InChI=1S/C26H38N4O6/c1-25(2,3)34-23(31)21(36-27)16-33-20-9-8-18-11-22(29(7)15-19(18)10-20)28-12-17-13-30(14-17)24(32)35-26(4,5)6/h8-11,15,17,21H,12-14,16,27H2,1-7H3/p+1. The molecule has 1 aromatic heterocycles. The molecule has 1 unspecified atom stereocenters. The molecule has 0 saturated carbocycles. The molecule has 10 heteroatoms. The minimum Gasteiger partial charge on any atom is -0.490 e. The number of aryl methyl sites for hydroxylation is 1. The lowest BCUT2D eigenvalue weighted by Crippen LogP contribution is -2.53. The molecule has 1 aliphatic heterocycles. The van der Waals surface area contributed by atoms with E-state index in [4.69, 9.17) is 24.9 Å². The predicted octanol–water partition coefficient (Wildman–Crippen LogP) is 2.92. The van der Waals surface area contributed by atoms with Crippen molar-refractivity contribution in [3.05, 3.63) is 30.5 Å². The fourth-order valence-corrected chi connectivity index (χ4v) is 3.71. The summed E-state index contributed by atoms with van der Waals surface area (Å²) in [7, 11) is 1.96. The average molecular weight is 504 g/mol. The van der Waals surface area contributed by atoms with Crippen molar-refractivity contribution in [2.75, 3.05) is 31.6 Å². The Hall–Kier alpha value is -3.11. The molecule has 0 radical (unpaired) electrons. The quantitative estimate of drug-likeness (QED) is 0.321. The second kappa shape index (κ2) is 10.9. The fraction of sp³-hybridized carbons (Fsp3) is 0.577. The third kappa shape index (κ3) is 7.69. The van der Waals surface area contributed by atoms with E-state index in [1.807, 2.05) is 56.8 Å². The lowest BCUT2D eigenvalue weighted by molar-refractivity contribution is -0.655. The number of ether oxygens (including phenoxy) is 3. The second-order valence-corrected chi connectivity index (χ2v) is 11.2. The van der Waals surface area contributed by atoms with E-state index >= 15 is 0 Å². The first-order valence-electron chi connectivity index (χ1n) is 12.1. The number of rotatable bonds is 8.